The van der Waals surface area contributed by atoms with Gasteiger partial charge in [-0.25, -0.2) is 4.39 Å². The van der Waals surface area contributed by atoms with E-state index in [1.807, 2.05) is 18.4 Å². The fraction of sp³-hybridized carbons (Fsp3) is 0.455. The molecule has 0 unspecified atom stereocenters. The Labute approximate surface area is 87.9 Å². The van der Waals surface area contributed by atoms with Crippen molar-refractivity contribution in [2.24, 2.45) is 5.73 Å². The third kappa shape index (κ3) is 2.10. The lowest BCUT2D eigenvalue weighted by atomic mass is 10.1. The Hall–Kier alpha value is -0.540. The van der Waals surface area contributed by atoms with Crippen LogP contribution in [0.15, 0.2) is 23.1 Å². The molecular weight excluding hydrogens is 197 g/mol. The maximum atomic E-state index is 13.2. The summed E-state index contributed by atoms with van der Waals surface area (Å²) < 4.78 is 13.2. The minimum Gasteiger partial charge on any atom is -0.325 e. The smallest absolute Gasteiger partial charge is 0.136 e. The average molecular weight is 211 g/mol. The number of hydrogen-bond donors (Lipinski definition) is 1. The standard InChI is InChI=1S/C11H14FNS/c1-14-10-6-8(2-3-9(10)12)7-11(13)4-5-11/h2-3,6H,4-5,7,13H2,1H3. The van der Waals surface area contributed by atoms with Gasteiger partial charge >= 0.3 is 0 Å². The number of halogens is 1. The van der Waals surface area contributed by atoms with E-state index in [2.05, 4.69) is 0 Å². The molecule has 76 valence electrons. The zero-order chi connectivity index (χ0) is 10.2. The highest BCUT2D eigenvalue weighted by Crippen LogP contribution is 2.36. The molecule has 14 heavy (non-hydrogen) atoms. The van der Waals surface area contributed by atoms with Gasteiger partial charge in [0.25, 0.3) is 0 Å². The van der Waals surface area contributed by atoms with Gasteiger partial charge in [-0.1, -0.05) is 6.07 Å². The van der Waals surface area contributed by atoms with Crippen LogP contribution in [0.25, 0.3) is 0 Å². The van der Waals surface area contributed by atoms with Crippen molar-refractivity contribution < 1.29 is 4.39 Å². The molecule has 1 aromatic carbocycles. The molecule has 1 aliphatic rings. The molecule has 3 heteroatoms. The predicted molar refractivity (Wildman–Crippen MR) is 58.0 cm³/mol. The van der Waals surface area contributed by atoms with Crippen molar-refractivity contribution in [3.05, 3.63) is 29.6 Å². The van der Waals surface area contributed by atoms with Crippen LogP contribution in [0.5, 0.6) is 0 Å². The molecule has 0 aliphatic heterocycles. The lowest BCUT2D eigenvalue weighted by Gasteiger charge is -2.09. The highest BCUT2D eigenvalue weighted by Gasteiger charge is 2.37. The first-order chi connectivity index (χ1) is 6.63. The van der Waals surface area contributed by atoms with E-state index in [0.717, 1.165) is 24.8 Å². The van der Waals surface area contributed by atoms with Crippen molar-refractivity contribution in [2.45, 2.75) is 29.7 Å². The Morgan fingerprint density at radius 2 is 2.21 bits per heavy atom. The summed E-state index contributed by atoms with van der Waals surface area (Å²) >= 11 is 1.44. The fourth-order valence-corrected chi connectivity index (χ4v) is 2.09. The van der Waals surface area contributed by atoms with Crippen molar-refractivity contribution in [3.63, 3.8) is 0 Å². The van der Waals surface area contributed by atoms with Crippen LogP contribution in [-0.4, -0.2) is 11.8 Å². The third-order valence-corrected chi connectivity index (χ3v) is 3.42. The Balaban J connectivity index is 2.18. The summed E-state index contributed by atoms with van der Waals surface area (Å²) in [5, 5.41) is 0. The van der Waals surface area contributed by atoms with Gasteiger partial charge in [0.2, 0.25) is 0 Å². The summed E-state index contributed by atoms with van der Waals surface area (Å²) in [5.41, 5.74) is 7.16. The lowest BCUT2D eigenvalue weighted by Crippen LogP contribution is -2.24. The van der Waals surface area contributed by atoms with E-state index in [4.69, 9.17) is 5.73 Å². The number of nitrogens with two attached hydrogens (primary N) is 1. The molecule has 0 atom stereocenters. The van der Waals surface area contributed by atoms with Crippen LogP contribution in [0.4, 0.5) is 4.39 Å². The first-order valence-electron chi connectivity index (χ1n) is 4.74. The van der Waals surface area contributed by atoms with Crippen LogP contribution in [0, 0.1) is 5.82 Å². The van der Waals surface area contributed by atoms with E-state index in [9.17, 15) is 4.39 Å². The second-order valence-electron chi connectivity index (χ2n) is 4.01. The van der Waals surface area contributed by atoms with Gasteiger partial charge in [-0.3, -0.25) is 0 Å². The Kier molecular flexibility index (Phi) is 2.54. The van der Waals surface area contributed by atoms with Crippen molar-refractivity contribution in [1.29, 1.82) is 0 Å². The van der Waals surface area contributed by atoms with Crippen molar-refractivity contribution in [3.8, 4) is 0 Å². The zero-order valence-corrected chi connectivity index (χ0v) is 9.03. The Bertz CT molecular complexity index is 347. The van der Waals surface area contributed by atoms with Gasteiger partial charge in [0.15, 0.2) is 0 Å². The first-order valence-corrected chi connectivity index (χ1v) is 5.97. The molecule has 2 rings (SSSR count). The van der Waals surface area contributed by atoms with Gasteiger partial charge in [0.05, 0.1) is 0 Å². The van der Waals surface area contributed by atoms with Gasteiger partial charge in [0, 0.05) is 10.4 Å². The van der Waals surface area contributed by atoms with E-state index in [-0.39, 0.29) is 11.4 Å². The normalized spacial score (nSPS) is 18.2. The van der Waals surface area contributed by atoms with Crippen molar-refractivity contribution >= 4 is 11.8 Å². The minimum absolute atomic E-state index is 0.00745. The first kappa shape index (κ1) is 9.99. The molecule has 1 aliphatic carbocycles. The molecule has 0 heterocycles. The van der Waals surface area contributed by atoms with Gasteiger partial charge in [-0.2, -0.15) is 0 Å². The molecule has 1 aromatic rings. The molecule has 0 amide bonds. The number of hydrogen-bond acceptors (Lipinski definition) is 2. The summed E-state index contributed by atoms with van der Waals surface area (Å²) in [7, 11) is 0. The largest absolute Gasteiger partial charge is 0.325 e. The molecule has 0 aromatic heterocycles. The SMILES string of the molecule is CSc1cc(CC2(N)CC2)ccc1F. The summed E-state index contributed by atoms with van der Waals surface area (Å²) in [6.45, 7) is 0. The Morgan fingerprint density at radius 1 is 1.50 bits per heavy atom. The number of rotatable bonds is 3. The molecule has 2 N–H and O–H groups in total. The van der Waals surface area contributed by atoms with Crippen LogP contribution >= 0.6 is 11.8 Å². The monoisotopic (exact) mass is 211 g/mol. The number of benzene rings is 1. The van der Waals surface area contributed by atoms with Crippen LogP contribution < -0.4 is 5.73 Å². The molecule has 1 fully saturated rings. The molecular formula is C11H14FNS. The molecule has 1 nitrogen and oxygen atoms in total. The maximum Gasteiger partial charge on any atom is 0.136 e. The third-order valence-electron chi connectivity index (χ3n) is 2.66. The summed E-state index contributed by atoms with van der Waals surface area (Å²) in [6, 6.07) is 5.28. The Morgan fingerprint density at radius 3 is 2.79 bits per heavy atom. The molecule has 0 spiro atoms. The van der Waals surface area contributed by atoms with Gasteiger partial charge in [-0.15, -0.1) is 11.8 Å². The highest BCUT2D eigenvalue weighted by molar-refractivity contribution is 7.98. The van der Waals surface area contributed by atoms with Crippen LogP contribution in [0.1, 0.15) is 18.4 Å². The van der Waals surface area contributed by atoms with E-state index in [1.54, 1.807) is 0 Å². The second-order valence-corrected chi connectivity index (χ2v) is 4.86. The maximum absolute atomic E-state index is 13.2. The van der Waals surface area contributed by atoms with E-state index < -0.39 is 0 Å². The van der Waals surface area contributed by atoms with E-state index in [0.29, 0.717) is 4.90 Å². The van der Waals surface area contributed by atoms with Crippen LogP contribution in [-0.2, 0) is 6.42 Å². The zero-order valence-electron chi connectivity index (χ0n) is 8.22. The second kappa shape index (κ2) is 3.55. The van der Waals surface area contributed by atoms with Crippen LogP contribution in [0.2, 0.25) is 0 Å². The van der Waals surface area contributed by atoms with E-state index in [1.165, 1.54) is 17.8 Å². The van der Waals surface area contributed by atoms with Gasteiger partial charge < -0.3 is 5.73 Å². The molecule has 1 saturated carbocycles. The van der Waals surface area contributed by atoms with Crippen molar-refractivity contribution in [2.75, 3.05) is 6.26 Å². The molecule has 0 bridgehead atoms. The van der Waals surface area contributed by atoms with E-state index >= 15 is 0 Å². The topological polar surface area (TPSA) is 26.0 Å². The van der Waals surface area contributed by atoms with Gasteiger partial charge in [-0.05, 0) is 43.2 Å². The van der Waals surface area contributed by atoms with Gasteiger partial charge in [0.1, 0.15) is 5.82 Å². The fourth-order valence-electron chi connectivity index (χ4n) is 1.56. The summed E-state index contributed by atoms with van der Waals surface area (Å²) in [6.07, 6.45) is 4.95. The number of thioether (sulfide) groups is 1. The molecule has 0 radical (unpaired) electrons. The van der Waals surface area contributed by atoms with Crippen LogP contribution in [0.3, 0.4) is 0 Å². The lowest BCUT2D eigenvalue weighted by molar-refractivity contribution is 0.598. The molecule has 0 saturated heterocycles. The highest BCUT2D eigenvalue weighted by atomic mass is 32.2. The summed E-state index contributed by atoms with van der Waals surface area (Å²) in [4.78, 5) is 0.715. The minimum atomic E-state index is -0.136. The summed E-state index contributed by atoms with van der Waals surface area (Å²) in [5.74, 6) is -0.136. The average Bonchev–Trinajstić information content (AvgIpc) is 2.87. The van der Waals surface area contributed by atoms with Crippen molar-refractivity contribution in [1.82, 2.24) is 0 Å². The quantitative estimate of drug-likeness (QED) is 0.778. The predicted octanol–water partition coefficient (Wildman–Crippen LogP) is 2.58.